The highest BCUT2D eigenvalue weighted by molar-refractivity contribution is 7.89. The first-order valence-corrected chi connectivity index (χ1v) is 10.9. The SMILES string of the molecule is Cn1c(=O)oc2cc(S(=O)(=O)NNC(=O)c3csc(N4CCOCC4)n3)ccc21. The van der Waals surface area contributed by atoms with Crippen LogP contribution in [0.25, 0.3) is 11.1 Å². The van der Waals surface area contributed by atoms with Gasteiger partial charge in [-0.3, -0.25) is 14.8 Å². The van der Waals surface area contributed by atoms with Crippen LogP contribution in [0.1, 0.15) is 10.5 Å². The Morgan fingerprint density at radius 1 is 1.28 bits per heavy atom. The number of carbonyl (C=O) groups excluding carboxylic acids is 1. The quantitative estimate of drug-likeness (QED) is 0.532. The molecule has 1 aliphatic heterocycles. The number of nitrogens with one attached hydrogen (secondary N) is 2. The van der Waals surface area contributed by atoms with Crippen molar-refractivity contribution < 1.29 is 22.4 Å². The summed E-state index contributed by atoms with van der Waals surface area (Å²) in [6, 6.07) is 3.97. The van der Waals surface area contributed by atoms with E-state index in [1.54, 1.807) is 5.38 Å². The van der Waals surface area contributed by atoms with Crippen LogP contribution in [0.2, 0.25) is 0 Å². The van der Waals surface area contributed by atoms with Gasteiger partial charge >= 0.3 is 5.76 Å². The van der Waals surface area contributed by atoms with E-state index in [0.29, 0.717) is 37.0 Å². The number of morpholine rings is 1. The minimum absolute atomic E-state index is 0.101. The molecule has 0 bridgehead atoms. The Hall–Kier alpha value is -2.74. The maximum Gasteiger partial charge on any atom is 0.419 e. The number of hydrogen-bond donors (Lipinski definition) is 2. The summed E-state index contributed by atoms with van der Waals surface area (Å²) in [7, 11) is -2.56. The summed E-state index contributed by atoms with van der Waals surface area (Å²) in [6.07, 6.45) is 0. The third-order valence-corrected chi connectivity index (χ3v) is 6.53. The molecular weight excluding hydrogens is 422 g/mol. The van der Waals surface area contributed by atoms with Crippen molar-refractivity contribution in [3.63, 3.8) is 0 Å². The second-order valence-electron chi connectivity index (χ2n) is 6.23. The minimum Gasteiger partial charge on any atom is -0.408 e. The molecule has 1 saturated heterocycles. The summed E-state index contributed by atoms with van der Waals surface area (Å²) in [5.74, 6) is -1.29. The van der Waals surface area contributed by atoms with E-state index in [1.807, 2.05) is 9.73 Å². The highest BCUT2D eigenvalue weighted by Gasteiger charge is 2.21. The summed E-state index contributed by atoms with van der Waals surface area (Å²) in [6.45, 7) is 2.54. The standard InChI is InChI=1S/C16H17N5O6S2/c1-20-12-3-2-10(8-13(12)27-16(20)23)29(24,25)19-18-14(22)11-9-28-15(17-11)21-4-6-26-7-5-21/h2-3,8-9,19H,4-7H2,1H3,(H,18,22). The smallest absolute Gasteiger partial charge is 0.408 e. The van der Waals surface area contributed by atoms with Crippen LogP contribution in [-0.4, -0.2) is 50.2 Å². The minimum atomic E-state index is -4.08. The summed E-state index contributed by atoms with van der Waals surface area (Å²) >= 11 is 1.30. The summed E-state index contributed by atoms with van der Waals surface area (Å²) in [4.78, 5) is 31.9. The monoisotopic (exact) mass is 439 g/mol. The zero-order valence-corrected chi connectivity index (χ0v) is 16.9. The zero-order valence-electron chi connectivity index (χ0n) is 15.2. The fraction of sp³-hybridized carbons (Fsp3) is 0.312. The molecule has 154 valence electrons. The first kappa shape index (κ1) is 19.6. The first-order chi connectivity index (χ1) is 13.8. The molecule has 0 atom stereocenters. The Labute approximate surface area is 168 Å². The van der Waals surface area contributed by atoms with E-state index in [0.717, 1.165) is 0 Å². The molecule has 1 aromatic carbocycles. The van der Waals surface area contributed by atoms with Crippen molar-refractivity contribution in [2.24, 2.45) is 7.05 Å². The lowest BCUT2D eigenvalue weighted by Crippen LogP contribution is -2.41. The molecule has 11 nitrogen and oxygen atoms in total. The normalized spacial score (nSPS) is 15.0. The molecule has 4 rings (SSSR count). The molecule has 1 fully saturated rings. The van der Waals surface area contributed by atoms with Gasteiger partial charge in [-0.2, -0.15) is 0 Å². The molecule has 2 N–H and O–H groups in total. The highest BCUT2D eigenvalue weighted by atomic mass is 32.2. The number of carbonyl (C=O) groups is 1. The van der Waals surface area contributed by atoms with Crippen molar-refractivity contribution in [2.45, 2.75) is 4.90 Å². The number of thiazole rings is 1. The lowest BCUT2D eigenvalue weighted by Gasteiger charge is -2.25. The number of ether oxygens (including phenoxy) is 1. The number of aryl methyl sites for hydroxylation is 1. The number of anilines is 1. The zero-order chi connectivity index (χ0) is 20.6. The fourth-order valence-corrected chi connectivity index (χ4v) is 4.50. The van der Waals surface area contributed by atoms with Crippen LogP contribution in [0, 0.1) is 0 Å². The summed E-state index contributed by atoms with van der Waals surface area (Å²) in [5.41, 5.74) is 2.83. The van der Waals surface area contributed by atoms with E-state index in [2.05, 4.69) is 10.4 Å². The molecule has 29 heavy (non-hydrogen) atoms. The third kappa shape index (κ3) is 3.89. The molecule has 0 spiro atoms. The van der Waals surface area contributed by atoms with E-state index in [-0.39, 0.29) is 16.2 Å². The maximum atomic E-state index is 12.5. The van der Waals surface area contributed by atoms with Gasteiger partial charge in [0.1, 0.15) is 5.69 Å². The Balaban J connectivity index is 1.45. The van der Waals surface area contributed by atoms with Gasteiger partial charge in [0.2, 0.25) is 0 Å². The molecule has 1 amide bonds. The van der Waals surface area contributed by atoms with Gasteiger partial charge in [0.25, 0.3) is 15.9 Å². The van der Waals surface area contributed by atoms with Crippen LogP contribution in [0.4, 0.5) is 5.13 Å². The molecule has 0 radical (unpaired) electrons. The van der Waals surface area contributed by atoms with Crippen molar-refractivity contribution in [2.75, 3.05) is 31.2 Å². The van der Waals surface area contributed by atoms with E-state index >= 15 is 0 Å². The van der Waals surface area contributed by atoms with E-state index < -0.39 is 21.7 Å². The van der Waals surface area contributed by atoms with Crippen molar-refractivity contribution in [1.82, 2.24) is 19.8 Å². The van der Waals surface area contributed by atoms with Crippen LogP contribution in [0.3, 0.4) is 0 Å². The molecule has 0 aliphatic carbocycles. The van der Waals surface area contributed by atoms with Gasteiger partial charge in [-0.15, -0.1) is 16.2 Å². The van der Waals surface area contributed by atoms with Crippen molar-refractivity contribution in [3.8, 4) is 0 Å². The van der Waals surface area contributed by atoms with Gasteiger partial charge in [-0.1, -0.05) is 0 Å². The number of fused-ring (bicyclic) bond motifs is 1. The number of nitrogens with zero attached hydrogens (tertiary/aromatic N) is 3. The predicted octanol–water partition coefficient (Wildman–Crippen LogP) is 0.0479. The van der Waals surface area contributed by atoms with Crippen LogP contribution >= 0.6 is 11.3 Å². The van der Waals surface area contributed by atoms with Gasteiger partial charge < -0.3 is 14.1 Å². The van der Waals surface area contributed by atoms with Crippen LogP contribution in [0.5, 0.6) is 0 Å². The van der Waals surface area contributed by atoms with Crippen LogP contribution in [0.15, 0.2) is 37.7 Å². The molecule has 2 aromatic heterocycles. The Kier molecular flexibility index (Phi) is 5.12. The average Bonchev–Trinajstić information content (AvgIpc) is 3.32. The van der Waals surface area contributed by atoms with Gasteiger partial charge in [0.15, 0.2) is 10.7 Å². The molecule has 13 heteroatoms. The number of amides is 1. The Bertz CT molecular complexity index is 1220. The lowest BCUT2D eigenvalue weighted by atomic mass is 10.3. The molecular formula is C16H17N5O6S2. The molecule has 0 unspecified atom stereocenters. The van der Waals surface area contributed by atoms with Gasteiger partial charge in [0, 0.05) is 31.6 Å². The number of rotatable bonds is 5. The number of oxazole rings is 1. The molecule has 3 heterocycles. The van der Waals surface area contributed by atoms with E-state index in [9.17, 15) is 18.0 Å². The highest BCUT2D eigenvalue weighted by Crippen LogP contribution is 2.21. The lowest BCUT2D eigenvalue weighted by molar-refractivity contribution is 0.0940. The number of hydrazine groups is 1. The number of sulfonamides is 1. The van der Waals surface area contributed by atoms with Crippen molar-refractivity contribution in [1.29, 1.82) is 0 Å². The topological polar surface area (TPSA) is 136 Å². The largest absolute Gasteiger partial charge is 0.419 e. The summed E-state index contributed by atoms with van der Waals surface area (Å²) in [5, 5.41) is 2.23. The Morgan fingerprint density at radius 3 is 2.79 bits per heavy atom. The fourth-order valence-electron chi connectivity index (χ4n) is 2.79. The first-order valence-electron chi connectivity index (χ1n) is 8.55. The molecule has 3 aromatic rings. The van der Waals surface area contributed by atoms with Gasteiger partial charge in [-0.05, 0) is 12.1 Å². The predicted molar refractivity (Wildman–Crippen MR) is 104 cm³/mol. The second-order valence-corrected chi connectivity index (χ2v) is 8.75. The molecule has 1 aliphatic rings. The van der Waals surface area contributed by atoms with Crippen molar-refractivity contribution >= 4 is 43.5 Å². The number of hydrogen-bond acceptors (Lipinski definition) is 9. The summed E-state index contributed by atoms with van der Waals surface area (Å²) < 4.78 is 36.5. The van der Waals surface area contributed by atoms with Crippen molar-refractivity contribution in [3.05, 3.63) is 39.8 Å². The third-order valence-electron chi connectivity index (χ3n) is 4.38. The number of aromatic nitrogens is 2. The average molecular weight is 439 g/mol. The Morgan fingerprint density at radius 2 is 2.03 bits per heavy atom. The van der Waals surface area contributed by atoms with E-state index in [4.69, 9.17) is 9.15 Å². The van der Waals surface area contributed by atoms with E-state index in [1.165, 1.54) is 41.2 Å². The number of benzene rings is 1. The van der Waals surface area contributed by atoms with Gasteiger partial charge in [0.05, 0.1) is 23.6 Å². The maximum absolute atomic E-state index is 12.5. The second kappa shape index (κ2) is 7.59. The molecule has 0 saturated carbocycles. The van der Waals surface area contributed by atoms with Crippen LogP contribution in [-0.2, 0) is 21.8 Å². The van der Waals surface area contributed by atoms with Crippen LogP contribution < -0.4 is 20.9 Å². The van der Waals surface area contributed by atoms with Gasteiger partial charge in [-0.25, -0.2) is 18.2 Å².